The van der Waals surface area contributed by atoms with Crippen molar-refractivity contribution >= 4 is 25.7 Å². The lowest BCUT2D eigenvalue weighted by molar-refractivity contribution is -0.138. The lowest BCUT2D eigenvalue weighted by atomic mass is 9.91. The van der Waals surface area contributed by atoms with E-state index in [9.17, 15) is 18.0 Å². The number of aryl methyl sites for hydroxylation is 2. The number of aromatic nitrogens is 3. The van der Waals surface area contributed by atoms with Crippen LogP contribution in [0.5, 0.6) is 5.75 Å². The van der Waals surface area contributed by atoms with Crippen molar-refractivity contribution in [3.8, 4) is 17.1 Å². The highest BCUT2D eigenvalue weighted by molar-refractivity contribution is 6.74. The van der Waals surface area contributed by atoms with Gasteiger partial charge in [-0.05, 0) is 75.5 Å². The molecule has 1 saturated carbocycles. The van der Waals surface area contributed by atoms with Crippen molar-refractivity contribution in [2.24, 2.45) is 0 Å². The van der Waals surface area contributed by atoms with Gasteiger partial charge in [0.05, 0.1) is 35.4 Å². The van der Waals surface area contributed by atoms with Gasteiger partial charge in [0, 0.05) is 29.5 Å². The molecule has 43 heavy (non-hydrogen) atoms. The molecule has 0 aliphatic heterocycles. The number of amides is 2. The van der Waals surface area contributed by atoms with E-state index in [-0.39, 0.29) is 22.9 Å². The van der Waals surface area contributed by atoms with Gasteiger partial charge in [-0.25, -0.2) is 14.8 Å². The molecule has 4 rings (SSSR count). The van der Waals surface area contributed by atoms with Gasteiger partial charge < -0.3 is 19.8 Å². The maximum absolute atomic E-state index is 14.3. The summed E-state index contributed by atoms with van der Waals surface area (Å²) in [6, 6.07) is 5.05. The SMILES string of the molecule is CCOc1cc(-c2ncc(NC(=O)Nc3ccc(C4(CO[Si](C)(C)C(C)(C)C)CC4)c(C(F)(F)F)c3)c(C)n2)cnc1C. The lowest BCUT2D eigenvalue weighted by Crippen LogP contribution is -2.42. The zero-order valence-electron chi connectivity index (χ0n) is 26.0. The van der Waals surface area contributed by atoms with E-state index in [1.807, 2.05) is 13.8 Å². The molecular weight excluding hydrogens is 575 g/mol. The number of ether oxygens (including phenoxy) is 1. The third-order valence-electron chi connectivity index (χ3n) is 8.35. The molecule has 2 amide bonds. The van der Waals surface area contributed by atoms with Crippen LogP contribution in [0, 0.1) is 13.8 Å². The maximum atomic E-state index is 14.3. The Morgan fingerprint density at radius 1 is 1.02 bits per heavy atom. The molecule has 0 saturated heterocycles. The molecule has 3 aromatic rings. The van der Waals surface area contributed by atoms with Crippen molar-refractivity contribution in [1.29, 1.82) is 0 Å². The van der Waals surface area contributed by atoms with Crippen molar-refractivity contribution in [2.45, 2.75) is 84.1 Å². The summed E-state index contributed by atoms with van der Waals surface area (Å²) in [6.45, 7) is 16.7. The Balaban J connectivity index is 1.49. The fourth-order valence-electron chi connectivity index (χ4n) is 4.45. The van der Waals surface area contributed by atoms with Crippen molar-refractivity contribution in [1.82, 2.24) is 15.0 Å². The summed E-state index contributed by atoms with van der Waals surface area (Å²) in [4.78, 5) is 25.9. The molecule has 0 bridgehead atoms. The molecule has 8 nitrogen and oxygen atoms in total. The van der Waals surface area contributed by atoms with Gasteiger partial charge in [-0.1, -0.05) is 26.8 Å². The van der Waals surface area contributed by atoms with Crippen LogP contribution in [-0.4, -0.2) is 42.5 Å². The summed E-state index contributed by atoms with van der Waals surface area (Å²) in [5.41, 5.74) is 0.988. The summed E-state index contributed by atoms with van der Waals surface area (Å²) >= 11 is 0. The standard InChI is InChI=1S/C31H40F3N5O3Si/c1-9-41-26-14-21(16-35-20(26)3)27-36-17-25(19(2)37-27)39-28(40)38-22-10-11-23(24(15-22)31(32,33)34)30(12-13-30)18-42-43(7,8)29(4,5)6/h10-11,14-17H,9,12-13,18H2,1-8H3,(H2,38,39,40). The van der Waals surface area contributed by atoms with Crippen LogP contribution in [0.1, 0.15) is 63.1 Å². The Kier molecular flexibility index (Phi) is 8.95. The quantitative estimate of drug-likeness (QED) is 0.235. The van der Waals surface area contributed by atoms with Crippen LogP contribution in [0.2, 0.25) is 18.1 Å². The number of rotatable bonds is 9. The average Bonchev–Trinajstić information content (AvgIpc) is 3.70. The van der Waals surface area contributed by atoms with Gasteiger partial charge in [0.25, 0.3) is 0 Å². The molecule has 232 valence electrons. The lowest BCUT2D eigenvalue weighted by Gasteiger charge is -2.37. The first kappa shape index (κ1) is 32.4. The number of pyridine rings is 1. The fraction of sp³-hybridized carbons (Fsp3) is 0.484. The van der Waals surface area contributed by atoms with E-state index in [0.29, 0.717) is 48.0 Å². The molecule has 12 heteroatoms. The highest BCUT2D eigenvalue weighted by Crippen LogP contribution is 2.53. The monoisotopic (exact) mass is 615 g/mol. The summed E-state index contributed by atoms with van der Waals surface area (Å²) in [5.74, 6) is 1.02. The Bertz CT molecular complexity index is 1500. The molecule has 2 heterocycles. The number of nitrogens with zero attached hydrogens (tertiary/aromatic N) is 3. The number of halogens is 3. The number of anilines is 2. The van der Waals surface area contributed by atoms with Crippen molar-refractivity contribution < 1.29 is 27.1 Å². The normalized spacial score (nSPS) is 14.8. The van der Waals surface area contributed by atoms with Crippen LogP contribution in [0.15, 0.2) is 36.7 Å². The minimum absolute atomic E-state index is 0.0269. The molecule has 2 aromatic heterocycles. The molecule has 2 N–H and O–H groups in total. The van der Waals surface area contributed by atoms with Crippen LogP contribution >= 0.6 is 0 Å². The first-order valence-electron chi connectivity index (χ1n) is 14.3. The predicted octanol–water partition coefficient (Wildman–Crippen LogP) is 8.27. The van der Waals surface area contributed by atoms with E-state index in [1.165, 1.54) is 18.3 Å². The van der Waals surface area contributed by atoms with Crippen LogP contribution in [0.4, 0.5) is 29.3 Å². The molecule has 0 atom stereocenters. The minimum Gasteiger partial charge on any atom is -0.492 e. The van der Waals surface area contributed by atoms with Gasteiger partial charge in [0.1, 0.15) is 5.75 Å². The number of benzene rings is 1. The second-order valence-electron chi connectivity index (χ2n) is 12.6. The van der Waals surface area contributed by atoms with Crippen LogP contribution < -0.4 is 15.4 Å². The van der Waals surface area contributed by atoms with Crippen molar-refractivity contribution in [2.75, 3.05) is 23.8 Å². The molecule has 1 aliphatic carbocycles. The number of carbonyl (C=O) groups excluding carboxylic acids is 1. The van der Waals surface area contributed by atoms with Crippen molar-refractivity contribution in [3.63, 3.8) is 0 Å². The van der Waals surface area contributed by atoms with Crippen LogP contribution in [0.3, 0.4) is 0 Å². The molecule has 1 fully saturated rings. The predicted molar refractivity (Wildman–Crippen MR) is 164 cm³/mol. The number of urea groups is 1. The first-order chi connectivity index (χ1) is 20.0. The van der Waals surface area contributed by atoms with Crippen molar-refractivity contribution in [3.05, 3.63) is 59.2 Å². The second kappa shape index (κ2) is 11.9. The molecule has 1 aliphatic rings. The largest absolute Gasteiger partial charge is 0.492 e. The third-order valence-corrected chi connectivity index (χ3v) is 12.8. The van der Waals surface area contributed by atoms with E-state index in [1.54, 1.807) is 19.2 Å². The highest BCUT2D eigenvalue weighted by atomic mass is 28.4. The second-order valence-corrected chi connectivity index (χ2v) is 17.4. The summed E-state index contributed by atoms with van der Waals surface area (Å²) < 4.78 is 54.7. The number of nitrogens with one attached hydrogen (secondary N) is 2. The molecule has 0 radical (unpaired) electrons. The van der Waals surface area contributed by atoms with Crippen LogP contribution in [0.25, 0.3) is 11.4 Å². The fourth-order valence-corrected chi connectivity index (χ4v) is 5.52. The summed E-state index contributed by atoms with van der Waals surface area (Å²) in [5, 5.41) is 5.11. The van der Waals surface area contributed by atoms with Gasteiger partial charge in [-0.15, -0.1) is 0 Å². The highest BCUT2D eigenvalue weighted by Gasteiger charge is 2.51. The minimum atomic E-state index is -4.59. The Morgan fingerprint density at radius 3 is 2.30 bits per heavy atom. The van der Waals surface area contributed by atoms with E-state index in [2.05, 4.69) is 59.5 Å². The Morgan fingerprint density at radius 2 is 1.72 bits per heavy atom. The summed E-state index contributed by atoms with van der Waals surface area (Å²) in [6.07, 6.45) is -0.262. The van der Waals surface area contributed by atoms with E-state index in [4.69, 9.17) is 9.16 Å². The molecule has 0 unspecified atom stereocenters. The third kappa shape index (κ3) is 7.35. The van der Waals surface area contributed by atoms with Gasteiger partial charge in [-0.3, -0.25) is 4.98 Å². The number of alkyl halides is 3. The molecular formula is C31H40F3N5O3Si. The Labute approximate surface area is 252 Å². The van der Waals surface area contributed by atoms with Gasteiger partial charge in [0.2, 0.25) is 0 Å². The zero-order valence-corrected chi connectivity index (χ0v) is 27.0. The number of hydrogen-bond donors (Lipinski definition) is 2. The van der Waals surface area contributed by atoms with E-state index < -0.39 is 31.5 Å². The van der Waals surface area contributed by atoms with Crippen LogP contribution in [-0.2, 0) is 16.0 Å². The van der Waals surface area contributed by atoms with E-state index >= 15 is 0 Å². The Hall–Kier alpha value is -3.51. The van der Waals surface area contributed by atoms with E-state index in [0.717, 1.165) is 11.8 Å². The summed E-state index contributed by atoms with van der Waals surface area (Å²) in [7, 11) is -2.14. The van der Waals surface area contributed by atoms with Gasteiger partial charge in [0.15, 0.2) is 14.1 Å². The first-order valence-corrected chi connectivity index (χ1v) is 17.2. The van der Waals surface area contributed by atoms with Gasteiger partial charge >= 0.3 is 12.2 Å². The number of carbonyl (C=O) groups is 1. The topological polar surface area (TPSA) is 98.3 Å². The smallest absolute Gasteiger partial charge is 0.416 e. The molecule has 1 aromatic carbocycles. The maximum Gasteiger partial charge on any atom is 0.416 e. The number of hydrogen-bond acceptors (Lipinski definition) is 6. The molecule has 0 spiro atoms. The average molecular weight is 616 g/mol. The zero-order chi connectivity index (χ0) is 31.8. The van der Waals surface area contributed by atoms with Gasteiger partial charge in [-0.2, -0.15) is 13.2 Å².